The highest BCUT2D eigenvalue weighted by atomic mass is 16.6. The van der Waals surface area contributed by atoms with E-state index < -0.39 is 0 Å². The van der Waals surface area contributed by atoms with E-state index in [2.05, 4.69) is 22.0 Å². The van der Waals surface area contributed by atoms with E-state index >= 15 is 0 Å². The Morgan fingerprint density at radius 3 is 3.06 bits per heavy atom. The van der Waals surface area contributed by atoms with Crippen LogP contribution in [0, 0.1) is 11.8 Å². The van der Waals surface area contributed by atoms with Gasteiger partial charge in [0.15, 0.2) is 0 Å². The van der Waals surface area contributed by atoms with Gasteiger partial charge in [0.25, 0.3) is 0 Å². The molecule has 1 aromatic heterocycles. The highest BCUT2D eigenvalue weighted by Crippen LogP contribution is 2.15. The Morgan fingerprint density at radius 1 is 1.33 bits per heavy atom. The van der Waals surface area contributed by atoms with Crippen LogP contribution in [0.5, 0.6) is 0 Å². The SMILES string of the molecule is CCO/N=C1\C=C(C#Cc2ccccn2)CCC1. The Labute approximate surface area is 108 Å². The molecule has 2 rings (SSSR count). The molecule has 3 heteroatoms. The van der Waals surface area contributed by atoms with Gasteiger partial charge in [-0.15, -0.1) is 0 Å². The average molecular weight is 240 g/mol. The number of hydrogen-bond donors (Lipinski definition) is 0. The summed E-state index contributed by atoms with van der Waals surface area (Å²) in [5.74, 6) is 6.22. The summed E-state index contributed by atoms with van der Waals surface area (Å²) < 4.78 is 0. The topological polar surface area (TPSA) is 34.5 Å². The van der Waals surface area contributed by atoms with Crippen LogP contribution in [-0.2, 0) is 4.84 Å². The maximum Gasteiger partial charge on any atom is 0.114 e. The minimum absolute atomic E-state index is 0.603. The lowest BCUT2D eigenvalue weighted by Crippen LogP contribution is -2.03. The number of rotatable bonds is 2. The summed E-state index contributed by atoms with van der Waals surface area (Å²) in [7, 11) is 0. The van der Waals surface area contributed by atoms with Crippen LogP contribution in [0.4, 0.5) is 0 Å². The summed E-state index contributed by atoms with van der Waals surface area (Å²) in [5.41, 5.74) is 2.88. The number of oxime groups is 1. The first-order valence-corrected chi connectivity index (χ1v) is 6.21. The van der Waals surface area contributed by atoms with E-state index in [0.717, 1.165) is 36.2 Å². The minimum atomic E-state index is 0.603. The monoisotopic (exact) mass is 240 g/mol. The number of hydrogen-bond acceptors (Lipinski definition) is 3. The molecule has 18 heavy (non-hydrogen) atoms. The van der Waals surface area contributed by atoms with E-state index in [9.17, 15) is 0 Å². The summed E-state index contributed by atoms with van der Waals surface area (Å²) in [6.45, 7) is 2.53. The fourth-order valence-corrected chi connectivity index (χ4v) is 1.70. The van der Waals surface area contributed by atoms with Crippen molar-refractivity contribution in [3.8, 4) is 11.8 Å². The van der Waals surface area contributed by atoms with Crippen molar-refractivity contribution in [3.63, 3.8) is 0 Å². The Bertz CT molecular complexity index is 506. The lowest BCUT2D eigenvalue weighted by Gasteiger charge is -2.09. The van der Waals surface area contributed by atoms with Gasteiger partial charge in [0.05, 0.1) is 5.71 Å². The van der Waals surface area contributed by atoms with E-state index in [0.29, 0.717) is 6.61 Å². The molecule has 0 unspecified atom stereocenters. The van der Waals surface area contributed by atoms with Crippen LogP contribution in [0.15, 0.2) is 41.2 Å². The molecule has 0 bridgehead atoms. The molecular weight excluding hydrogens is 224 g/mol. The Kier molecular flexibility index (Phi) is 4.54. The molecule has 1 aliphatic rings. The highest BCUT2D eigenvalue weighted by Gasteiger charge is 2.07. The molecule has 1 aromatic rings. The predicted molar refractivity (Wildman–Crippen MR) is 72.1 cm³/mol. The van der Waals surface area contributed by atoms with Gasteiger partial charge in [-0.25, -0.2) is 4.98 Å². The van der Waals surface area contributed by atoms with E-state index in [1.165, 1.54) is 0 Å². The zero-order valence-electron chi connectivity index (χ0n) is 10.5. The van der Waals surface area contributed by atoms with Gasteiger partial charge >= 0.3 is 0 Å². The second kappa shape index (κ2) is 6.61. The lowest BCUT2D eigenvalue weighted by molar-refractivity contribution is 0.158. The zero-order valence-corrected chi connectivity index (χ0v) is 10.5. The molecule has 0 saturated heterocycles. The molecule has 92 valence electrons. The molecule has 0 saturated carbocycles. The first kappa shape index (κ1) is 12.4. The van der Waals surface area contributed by atoms with Gasteiger partial charge in [-0.2, -0.15) is 0 Å². The van der Waals surface area contributed by atoms with Crippen molar-refractivity contribution >= 4 is 5.71 Å². The molecular formula is C15H16N2O. The first-order valence-electron chi connectivity index (χ1n) is 6.21. The van der Waals surface area contributed by atoms with Gasteiger partial charge in [-0.3, -0.25) is 0 Å². The Morgan fingerprint density at radius 2 is 2.28 bits per heavy atom. The number of allylic oxidation sites excluding steroid dienone is 2. The van der Waals surface area contributed by atoms with Crippen molar-refractivity contribution in [2.45, 2.75) is 26.2 Å². The summed E-state index contributed by atoms with van der Waals surface area (Å²) >= 11 is 0. The third-order valence-corrected chi connectivity index (χ3v) is 2.55. The van der Waals surface area contributed by atoms with Crippen LogP contribution in [0.3, 0.4) is 0 Å². The number of aromatic nitrogens is 1. The molecule has 0 spiro atoms. The highest BCUT2D eigenvalue weighted by molar-refractivity contribution is 5.96. The Hall–Kier alpha value is -2.08. The molecule has 0 amide bonds. The smallest absolute Gasteiger partial charge is 0.114 e. The van der Waals surface area contributed by atoms with Gasteiger partial charge in [-0.1, -0.05) is 17.1 Å². The van der Waals surface area contributed by atoms with Crippen molar-refractivity contribution in [3.05, 3.63) is 41.7 Å². The summed E-state index contributed by atoms with van der Waals surface area (Å²) in [6.07, 6.45) is 6.82. The molecule has 1 heterocycles. The summed E-state index contributed by atoms with van der Waals surface area (Å²) in [5, 5.41) is 4.06. The van der Waals surface area contributed by atoms with Crippen molar-refractivity contribution in [2.75, 3.05) is 6.61 Å². The summed E-state index contributed by atoms with van der Waals surface area (Å²) in [6, 6.07) is 5.73. The van der Waals surface area contributed by atoms with Crippen molar-refractivity contribution in [2.24, 2.45) is 5.16 Å². The van der Waals surface area contributed by atoms with E-state index in [-0.39, 0.29) is 0 Å². The predicted octanol–water partition coefficient (Wildman–Crippen LogP) is 2.94. The largest absolute Gasteiger partial charge is 0.396 e. The van der Waals surface area contributed by atoms with E-state index in [1.54, 1.807) is 6.20 Å². The molecule has 0 aromatic carbocycles. The maximum atomic E-state index is 5.07. The van der Waals surface area contributed by atoms with Gasteiger partial charge in [0, 0.05) is 11.8 Å². The molecule has 0 radical (unpaired) electrons. The Balaban J connectivity index is 2.10. The number of pyridine rings is 1. The fourth-order valence-electron chi connectivity index (χ4n) is 1.70. The molecule has 0 N–H and O–H groups in total. The van der Waals surface area contributed by atoms with Gasteiger partial charge < -0.3 is 4.84 Å². The second-order valence-electron chi connectivity index (χ2n) is 3.99. The van der Waals surface area contributed by atoms with Gasteiger partial charge in [0.2, 0.25) is 0 Å². The van der Waals surface area contributed by atoms with Gasteiger partial charge in [0.1, 0.15) is 12.3 Å². The molecule has 0 fully saturated rings. The van der Waals surface area contributed by atoms with E-state index in [4.69, 9.17) is 4.84 Å². The van der Waals surface area contributed by atoms with Crippen LogP contribution in [0.1, 0.15) is 31.9 Å². The minimum Gasteiger partial charge on any atom is -0.396 e. The molecule has 0 aliphatic heterocycles. The zero-order chi connectivity index (χ0) is 12.6. The lowest BCUT2D eigenvalue weighted by atomic mass is 9.98. The van der Waals surface area contributed by atoms with Crippen molar-refractivity contribution < 1.29 is 4.84 Å². The normalized spacial score (nSPS) is 16.7. The van der Waals surface area contributed by atoms with Crippen molar-refractivity contribution in [1.82, 2.24) is 4.98 Å². The molecule has 0 atom stereocenters. The van der Waals surface area contributed by atoms with Crippen LogP contribution < -0.4 is 0 Å². The summed E-state index contributed by atoms with van der Waals surface area (Å²) in [4.78, 5) is 9.24. The number of nitrogens with zero attached hydrogens (tertiary/aromatic N) is 2. The quantitative estimate of drug-likeness (QED) is 0.588. The standard InChI is InChI=1S/C15H16N2O/c1-2-18-17-15-8-5-6-13(12-15)9-10-14-7-3-4-11-16-14/h3-4,7,11-12H,2,5-6,8H2,1H3/b17-15-. The maximum absolute atomic E-state index is 5.07. The molecule has 1 aliphatic carbocycles. The van der Waals surface area contributed by atoms with Crippen LogP contribution in [-0.4, -0.2) is 17.3 Å². The first-order chi connectivity index (χ1) is 8.88. The average Bonchev–Trinajstić information content (AvgIpc) is 2.44. The van der Waals surface area contributed by atoms with Crippen LogP contribution in [0.2, 0.25) is 0 Å². The van der Waals surface area contributed by atoms with Crippen LogP contribution in [0.25, 0.3) is 0 Å². The second-order valence-corrected chi connectivity index (χ2v) is 3.99. The van der Waals surface area contributed by atoms with E-state index in [1.807, 2.05) is 31.2 Å². The molecule has 3 nitrogen and oxygen atoms in total. The van der Waals surface area contributed by atoms with Crippen molar-refractivity contribution in [1.29, 1.82) is 0 Å². The fraction of sp³-hybridized carbons (Fsp3) is 0.333. The third-order valence-electron chi connectivity index (χ3n) is 2.55. The van der Waals surface area contributed by atoms with Gasteiger partial charge in [-0.05, 0) is 50.3 Å². The van der Waals surface area contributed by atoms with Crippen LogP contribution >= 0.6 is 0 Å². The third kappa shape index (κ3) is 3.74.